The second kappa shape index (κ2) is 7.25. The maximum atomic E-state index is 12.3. The van der Waals surface area contributed by atoms with Gasteiger partial charge < -0.3 is 10.1 Å². The van der Waals surface area contributed by atoms with Crippen LogP contribution in [-0.4, -0.2) is 43.2 Å². The van der Waals surface area contributed by atoms with Crippen molar-refractivity contribution in [2.45, 2.75) is 38.6 Å². The number of nitrogens with one attached hydrogen (secondary N) is 1. The Balaban J connectivity index is 1.45. The van der Waals surface area contributed by atoms with E-state index in [0.717, 1.165) is 57.7 Å². The number of aryl methyl sites for hydroxylation is 1. The summed E-state index contributed by atoms with van der Waals surface area (Å²) in [5, 5.41) is 3.05. The van der Waals surface area contributed by atoms with Crippen LogP contribution in [0, 0.1) is 5.92 Å². The summed E-state index contributed by atoms with van der Waals surface area (Å²) in [6.45, 7) is 5.86. The maximum absolute atomic E-state index is 12.3. The first-order chi connectivity index (χ1) is 10.8. The van der Waals surface area contributed by atoms with Crippen LogP contribution in [-0.2, 0) is 16.0 Å². The zero-order valence-electron chi connectivity index (χ0n) is 13.4. The van der Waals surface area contributed by atoms with Crippen molar-refractivity contribution in [2.75, 3.05) is 31.6 Å². The van der Waals surface area contributed by atoms with Crippen LogP contribution < -0.4 is 5.32 Å². The molecular formula is C18H26N2O2. The molecule has 0 aromatic heterocycles. The molecule has 1 N–H and O–H groups in total. The summed E-state index contributed by atoms with van der Waals surface area (Å²) >= 11 is 0. The van der Waals surface area contributed by atoms with Crippen LogP contribution in [0.3, 0.4) is 0 Å². The first-order valence-corrected chi connectivity index (χ1v) is 8.48. The Morgan fingerprint density at radius 1 is 1.23 bits per heavy atom. The molecule has 4 nitrogen and oxygen atoms in total. The minimum Gasteiger partial charge on any atom is -0.379 e. The molecule has 22 heavy (non-hydrogen) atoms. The van der Waals surface area contributed by atoms with Gasteiger partial charge in [-0.3, -0.25) is 9.69 Å². The van der Waals surface area contributed by atoms with E-state index in [4.69, 9.17) is 4.74 Å². The van der Waals surface area contributed by atoms with Gasteiger partial charge in [0.15, 0.2) is 0 Å². The molecule has 0 bridgehead atoms. The smallest absolute Gasteiger partial charge is 0.227 e. The van der Waals surface area contributed by atoms with E-state index in [0.29, 0.717) is 6.04 Å². The monoisotopic (exact) mass is 302 g/mol. The summed E-state index contributed by atoms with van der Waals surface area (Å²) in [5.74, 6) is 0.343. The normalized spacial score (nSPS) is 25.5. The average molecular weight is 302 g/mol. The molecule has 1 aromatic rings. The Morgan fingerprint density at radius 3 is 2.55 bits per heavy atom. The number of anilines is 1. The van der Waals surface area contributed by atoms with Crippen molar-refractivity contribution >= 4 is 11.6 Å². The van der Waals surface area contributed by atoms with E-state index in [-0.39, 0.29) is 11.8 Å². The SMILES string of the molecule is CCCc1ccc(NC(=O)C2CC(N3CCOCC3)C2)cc1. The van der Waals surface area contributed by atoms with Crippen LogP contribution in [0.5, 0.6) is 0 Å². The minimum atomic E-state index is 0.170. The number of nitrogens with zero attached hydrogens (tertiary/aromatic N) is 1. The van der Waals surface area contributed by atoms with E-state index in [1.807, 2.05) is 12.1 Å². The van der Waals surface area contributed by atoms with Gasteiger partial charge in [0.1, 0.15) is 0 Å². The molecule has 1 saturated carbocycles. The number of amides is 1. The molecule has 1 heterocycles. The molecule has 1 aliphatic carbocycles. The van der Waals surface area contributed by atoms with Gasteiger partial charge in [0.2, 0.25) is 5.91 Å². The van der Waals surface area contributed by atoms with Crippen molar-refractivity contribution < 1.29 is 9.53 Å². The van der Waals surface area contributed by atoms with Gasteiger partial charge in [0.05, 0.1) is 13.2 Å². The number of carbonyl (C=O) groups excluding carboxylic acids is 1. The fraction of sp³-hybridized carbons (Fsp3) is 0.611. The lowest BCUT2D eigenvalue weighted by molar-refractivity contribution is -0.125. The van der Waals surface area contributed by atoms with Crippen LogP contribution in [0.4, 0.5) is 5.69 Å². The molecule has 0 atom stereocenters. The van der Waals surface area contributed by atoms with E-state index in [2.05, 4.69) is 29.3 Å². The number of morpholine rings is 1. The highest BCUT2D eigenvalue weighted by molar-refractivity contribution is 5.93. The highest BCUT2D eigenvalue weighted by atomic mass is 16.5. The van der Waals surface area contributed by atoms with Gasteiger partial charge in [-0.05, 0) is 37.0 Å². The topological polar surface area (TPSA) is 41.6 Å². The summed E-state index contributed by atoms with van der Waals surface area (Å²) in [5.41, 5.74) is 2.25. The number of hydrogen-bond donors (Lipinski definition) is 1. The fourth-order valence-corrected chi connectivity index (χ4v) is 3.33. The second-order valence-corrected chi connectivity index (χ2v) is 6.41. The highest BCUT2D eigenvalue weighted by Crippen LogP contribution is 2.33. The quantitative estimate of drug-likeness (QED) is 0.909. The Labute approximate surface area is 132 Å². The predicted molar refractivity (Wildman–Crippen MR) is 88.0 cm³/mol. The molecule has 1 saturated heterocycles. The van der Waals surface area contributed by atoms with Crippen molar-refractivity contribution in [3.05, 3.63) is 29.8 Å². The molecule has 2 fully saturated rings. The van der Waals surface area contributed by atoms with Gasteiger partial charge in [0, 0.05) is 30.7 Å². The third-order valence-corrected chi connectivity index (χ3v) is 4.81. The van der Waals surface area contributed by atoms with Crippen molar-refractivity contribution in [2.24, 2.45) is 5.92 Å². The molecular weight excluding hydrogens is 276 g/mol. The van der Waals surface area contributed by atoms with Gasteiger partial charge in [0.25, 0.3) is 0 Å². The fourth-order valence-electron chi connectivity index (χ4n) is 3.33. The van der Waals surface area contributed by atoms with Crippen molar-refractivity contribution in [3.63, 3.8) is 0 Å². The van der Waals surface area contributed by atoms with Crippen molar-refractivity contribution in [3.8, 4) is 0 Å². The van der Waals surface area contributed by atoms with Crippen LogP contribution in [0.2, 0.25) is 0 Å². The van der Waals surface area contributed by atoms with Gasteiger partial charge in [-0.1, -0.05) is 25.5 Å². The van der Waals surface area contributed by atoms with Crippen LogP contribution in [0.25, 0.3) is 0 Å². The Bertz CT molecular complexity index is 488. The molecule has 120 valence electrons. The summed E-state index contributed by atoms with van der Waals surface area (Å²) in [4.78, 5) is 14.7. The highest BCUT2D eigenvalue weighted by Gasteiger charge is 2.38. The lowest BCUT2D eigenvalue weighted by Gasteiger charge is -2.43. The Morgan fingerprint density at radius 2 is 1.91 bits per heavy atom. The number of hydrogen-bond acceptors (Lipinski definition) is 3. The van der Waals surface area contributed by atoms with Crippen molar-refractivity contribution in [1.29, 1.82) is 0 Å². The molecule has 3 rings (SSSR count). The first-order valence-electron chi connectivity index (χ1n) is 8.48. The van der Waals surface area contributed by atoms with E-state index < -0.39 is 0 Å². The third kappa shape index (κ3) is 3.68. The molecule has 0 radical (unpaired) electrons. The second-order valence-electron chi connectivity index (χ2n) is 6.41. The number of benzene rings is 1. The molecule has 2 aliphatic rings. The summed E-state index contributed by atoms with van der Waals surface area (Å²) in [7, 11) is 0. The van der Waals surface area contributed by atoms with E-state index in [1.165, 1.54) is 5.56 Å². The van der Waals surface area contributed by atoms with E-state index in [9.17, 15) is 4.79 Å². The molecule has 1 aliphatic heterocycles. The van der Waals surface area contributed by atoms with Gasteiger partial charge >= 0.3 is 0 Å². The van der Waals surface area contributed by atoms with Crippen LogP contribution in [0.15, 0.2) is 24.3 Å². The lowest BCUT2D eigenvalue weighted by atomic mass is 9.78. The largest absolute Gasteiger partial charge is 0.379 e. The summed E-state index contributed by atoms with van der Waals surface area (Å²) in [6.07, 6.45) is 4.22. The molecule has 1 aromatic carbocycles. The number of rotatable bonds is 5. The summed E-state index contributed by atoms with van der Waals surface area (Å²) in [6, 6.07) is 8.82. The third-order valence-electron chi connectivity index (χ3n) is 4.81. The first kappa shape index (κ1) is 15.5. The van der Waals surface area contributed by atoms with Crippen LogP contribution >= 0.6 is 0 Å². The van der Waals surface area contributed by atoms with Crippen molar-refractivity contribution in [1.82, 2.24) is 4.90 Å². The predicted octanol–water partition coefficient (Wildman–Crippen LogP) is 2.69. The molecule has 1 amide bonds. The standard InChI is InChI=1S/C18H26N2O2/c1-2-3-14-4-6-16(7-5-14)19-18(21)15-12-17(13-15)20-8-10-22-11-9-20/h4-7,15,17H,2-3,8-13H2,1H3,(H,19,21). The average Bonchev–Trinajstić information content (AvgIpc) is 2.49. The number of ether oxygens (including phenoxy) is 1. The van der Waals surface area contributed by atoms with Gasteiger partial charge in [-0.25, -0.2) is 0 Å². The van der Waals surface area contributed by atoms with Crippen LogP contribution in [0.1, 0.15) is 31.7 Å². The summed E-state index contributed by atoms with van der Waals surface area (Å²) < 4.78 is 5.38. The Kier molecular flexibility index (Phi) is 5.11. The minimum absolute atomic E-state index is 0.170. The van der Waals surface area contributed by atoms with Gasteiger partial charge in [-0.15, -0.1) is 0 Å². The molecule has 0 unspecified atom stereocenters. The Hall–Kier alpha value is -1.39. The van der Waals surface area contributed by atoms with Gasteiger partial charge in [-0.2, -0.15) is 0 Å². The molecule has 0 spiro atoms. The maximum Gasteiger partial charge on any atom is 0.227 e. The number of carbonyl (C=O) groups is 1. The van der Waals surface area contributed by atoms with E-state index >= 15 is 0 Å². The lowest BCUT2D eigenvalue weighted by Crippen LogP contribution is -2.51. The zero-order chi connectivity index (χ0) is 15.4. The molecule has 4 heteroatoms. The zero-order valence-corrected chi connectivity index (χ0v) is 13.4. The van der Waals surface area contributed by atoms with E-state index in [1.54, 1.807) is 0 Å².